The molecule has 0 radical (unpaired) electrons. The second-order valence-electron chi connectivity index (χ2n) is 6.61. The molecule has 25 heavy (non-hydrogen) atoms. The Labute approximate surface area is 148 Å². The maximum absolute atomic E-state index is 13.1. The summed E-state index contributed by atoms with van der Waals surface area (Å²) >= 11 is 0. The first-order chi connectivity index (χ1) is 12.3. The van der Waals surface area contributed by atoms with E-state index in [-0.39, 0.29) is 18.1 Å². The molecule has 1 aromatic carbocycles. The van der Waals surface area contributed by atoms with Gasteiger partial charge in [-0.15, -0.1) is 0 Å². The number of hydrogen-bond acceptors (Lipinski definition) is 4. The van der Waals surface area contributed by atoms with Gasteiger partial charge < -0.3 is 15.0 Å². The number of carbonyl (C=O) groups excluding carboxylic acids is 1. The quantitative estimate of drug-likeness (QED) is 0.933. The fraction of sp³-hybridized carbons (Fsp3) is 0.400. The molecule has 2 aliphatic rings. The van der Waals surface area contributed by atoms with Crippen LogP contribution in [0.1, 0.15) is 35.3 Å². The van der Waals surface area contributed by atoms with Gasteiger partial charge in [0.25, 0.3) is 0 Å². The van der Waals surface area contributed by atoms with E-state index in [1.165, 1.54) is 5.56 Å². The molecule has 3 heterocycles. The van der Waals surface area contributed by atoms with E-state index < -0.39 is 0 Å². The Kier molecular flexibility index (Phi) is 4.76. The van der Waals surface area contributed by atoms with Crippen LogP contribution in [0.15, 0.2) is 48.8 Å². The van der Waals surface area contributed by atoms with Crippen LogP contribution in [0.3, 0.4) is 0 Å². The van der Waals surface area contributed by atoms with Crippen molar-refractivity contribution in [2.45, 2.75) is 25.0 Å². The number of aromatic nitrogens is 1. The highest BCUT2D eigenvalue weighted by Crippen LogP contribution is 2.31. The third kappa shape index (κ3) is 3.43. The van der Waals surface area contributed by atoms with Gasteiger partial charge in [-0.3, -0.25) is 9.78 Å². The average molecular weight is 337 g/mol. The van der Waals surface area contributed by atoms with Crippen LogP contribution in [-0.4, -0.2) is 42.0 Å². The number of fused-ring (bicyclic) bond motifs is 1. The molecule has 0 bridgehead atoms. The topological polar surface area (TPSA) is 54.5 Å². The van der Waals surface area contributed by atoms with Gasteiger partial charge in [-0.25, -0.2) is 0 Å². The molecular formula is C20H23N3O2. The molecular weight excluding hydrogens is 314 g/mol. The number of pyridine rings is 1. The number of hydrogen-bond donors (Lipinski definition) is 1. The Morgan fingerprint density at radius 3 is 3.08 bits per heavy atom. The van der Waals surface area contributed by atoms with Crippen molar-refractivity contribution >= 4 is 5.91 Å². The highest BCUT2D eigenvalue weighted by molar-refractivity contribution is 5.77. The lowest BCUT2D eigenvalue weighted by molar-refractivity contribution is -0.138. The first-order valence-corrected chi connectivity index (χ1v) is 8.92. The number of ether oxygens (including phenoxy) is 1. The summed E-state index contributed by atoms with van der Waals surface area (Å²) in [6, 6.07) is 12.3. The Morgan fingerprint density at radius 2 is 2.20 bits per heavy atom. The summed E-state index contributed by atoms with van der Waals surface area (Å²) < 4.78 is 5.93. The van der Waals surface area contributed by atoms with E-state index >= 15 is 0 Å². The minimum Gasteiger partial charge on any atom is -0.373 e. The van der Waals surface area contributed by atoms with Gasteiger partial charge in [0.05, 0.1) is 25.2 Å². The number of carbonyl (C=O) groups is 1. The lowest BCUT2D eigenvalue weighted by Crippen LogP contribution is -2.49. The Balaban J connectivity index is 1.52. The SMILES string of the molecule is O=C(CC1OCCc2ccccc21)N1CCNCC1c1cccnc1. The first kappa shape index (κ1) is 16.2. The second kappa shape index (κ2) is 7.33. The summed E-state index contributed by atoms with van der Waals surface area (Å²) in [7, 11) is 0. The maximum Gasteiger partial charge on any atom is 0.226 e. The zero-order valence-electron chi connectivity index (χ0n) is 14.2. The van der Waals surface area contributed by atoms with Crippen LogP contribution >= 0.6 is 0 Å². The van der Waals surface area contributed by atoms with Crippen molar-refractivity contribution in [3.8, 4) is 0 Å². The van der Waals surface area contributed by atoms with E-state index in [0.29, 0.717) is 19.6 Å². The maximum atomic E-state index is 13.1. The van der Waals surface area contributed by atoms with Gasteiger partial charge >= 0.3 is 0 Å². The molecule has 5 nitrogen and oxygen atoms in total. The van der Waals surface area contributed by atoms with E-state index in [2.05, 4.69) is 28.5 Å². The summed E-state index contributed by atoms with van der Waals surface area (Å²) in [5.74, 6) is 0.150. The molecule has 130 valence electrons. The number of amides is 1. The molecule has 2 aliphatic heterocycles. The minimum atomic E-state index is -0.137. The summed E-state index contributed by atoms with van der Waals surface area (Å²) in [6.07, 6.45) is 4.80. The fourth-order valence-corrected chi connectivity index (χ4v) is 3.80. The predicted molar refractivity (Wildman–Crippen MR) is 95.0 cm³/mol. The van der Waals surface area contributed by atoms with Crippen LogP contribution in [-0.2, 0) is 16.0 Å². The average Bonchev–Trinajstić information content (AvgIpc) is 2.69. The van der Waals surface area contributed by atoms with Crippen molar-refractivity contribution in [3.63, 3.8) is 0 Å². The van der Waals surface area contributed by atoms with Gasteiger partial charge in [0.2, 0.25) is 5.91 Å². The minimum absolute atomic E-state index is 0.0359. The summed E-state index contributed by atoms with van der Waals surface area (Å²) in [4.78, 5) is 19.2. The molecule has 1 N–H and O–H groups in total. The fourth-order valence-electron chi connectivity index (χ4n) is 3.80. The van der Waals surface area contributed by atoms with Crippen molar-refractivity contribution in [1.29, 1.82) is 0 Å². The number of rotatable bonds is 3. The molecule has 1 amide bonds. The largest absolute Gasteiger partial charge is 0.373 e. The van der Waals surface area contributed by atoms with Crippen molar-refractivity contribution in [2.75, 3.05) is 26.2 Å². The molecule has 1 fully saturated rings. The van der Waals surface area contributed by atoms with Crippen molar-refractivity contribution < 1.29 is 9.53 Å². The van der Waals surface area contributed by atoms with E-state index in [9.17, 15) is 4.79 Å². The highest BCUT2D eigenvalue weighted by atomic mass is 16.5. The number of nitrogens with one attached hydrogen (secondary N) is 1. The van der Waals surface area contributed by atoms with Gasteiger partial charge in [-0.2, -0.15) is 0 Å². The van der Waals surface area contributed by atoms with Crippen LogP contribution in [0.5, 0.6) is 0 Å². The molecule has 2 aromatic rings. The molecule has 2 unspecified atom stereocenters. The molecule has 4 rings (SSSR count). The van der Waals surface area contributed by atoms with Crippen LogP contribution < -0.4 is 5.32 Å². The van der Waals surface area contributed by atoms with E-state index in [4.69, 9.17) is 4.74 Å². The normalized spacial score (nSPS) is 23.1. The van der Waals surface area contributed by atoms with Crippen molar-refractivity contribution in [2.24, 2.45) is 0 Å². The van der Waals surface area contributed by atoms with Crippen molar-refractivity contribution in [1.82, 2.24) is 15.2 Å². The zero-order valence-corrected chi connectivity index (χ0v) is 14.2. The molecule has 0 saturated carbocycles. The number of nitrogens with zero attached hydrogens (tertiary/aromatic N) is 2. The van der Waals surface area contributed by atoms with Gasteiger partial charge in [-0.1, -0.05) is 30.3 Å². The van der Waals surface area contributed by atoms with Gasteiger partial charge in [-0.05, 0) is 29.2 Å². The molecule has 2 atom stereocenters. The number of piperazine rings is 1. The van der Waals surface area contributed by atoms with E-state index in [1.54, 1.807) is 6.20 Å². The Morgan fingerprint density at radius 1 is 1.28 bits per heavy atom. The van der Waals surface area contributed by atoms with Crippen LogP contribution in [0, 0.1) is 0 Å². The number of benzene rings is 1. The van der Waals surface area contributed by atoms with Crippen LogP contribution in [0.2, 0.25) is 0 Å². The third-order valence-corrected chi connectivity index (χ3v) is 5.09. The smallest absolute Gasteiger partial charge is 0.226 e. The lowest BCUT2D eigenvalue weighted by atomic mass is 9.95. The predicted octanol–water partition coefficient (Wildman–Crippen LogP) is 2.26. The molecule has 0 spiro atoms. The summed E-state index contributed by atoms with van der Waals surface area (Å²) in [5.41, 5.74) is 3.54. The highest BCUT2D eigenvalue weighted by Gasteiger charge is 2.31. The summed E-state index contributed by atoms with van der Waals surface area (Å²) in [5, 5.41) is 3.38. The molecule has 1 aromatic heterocycles. The zero-order chi connectivity index (χ0) is 17.1. The van der Waals surface area contributed by atoms with E-state index in [1.807, 2.05) is 29.3 Å². The monoisotopic (exact) mass is 337 g/mol. The molecule has 1 saturated heterocycles. The third-order valence-electron chi connectivity index (χ3n) is 5.09. The Hall–Kier alpha value is -2.24. The standard InChI is InChI=1S/C20H23N3O2/c24-20(12-19-17-6-2-1-4-15(17)7-11-25-19)23-10-9-22-14-18(23)16-5-3-8-21-13-16/h1-6,8,13,18-19,22H,7,9-12,14H2. The second-order valence-corrected chi connectivity index (χ2v) is 6.61. The molecule has 0 aliphatic carbocycles. The van der Waals surface area contributed by atoms with Crippen molar-refractivity contribution in [3.05, 3.63) is 65.5 Å². The summed E-state index contributed by atoms with van der Waals surface area (Å²) in [6.45, 7) is 2.99. The molecule has 5 heteroatoms. The van der Waals surface area contributed by atoms with Gasteiger partial charge in [0.1, 0.15) is 0 Å². The Bertz CT molecular complexity index is 735. The van der Waals surface area contributed by atoms with Crippen LogP contribution in [0.25, 0.3) is 0 Å². The van der Waals surface area contributed by atoms with Crippen LogP contribution in [0.4, 0.5) is 0 Å². The van der Waals surface area contributed by atoms with Gasteiger partial charge in [0.15, 0.2) is 0 Å². The van der Waals surface area contributed by atoms with E-state index in [0.717, 1.165) is 30.6 Å². The lowest BCUT2D eigenvalue weighted by Gasteiger charge is -2.37. The van der Waals surface area contributed by atoms with Gasteiger partial charge in [0, 0.05) is 32.0 Å². The first-order valence-electron chi connectivity index (χ1n) is 8.92.